The monoisotopic (exact) mass is 201 g/mol. The van der Waals surface area contributed by atoms with Gasteiger partial charge in [0.25, 0.3) is 0 Å². The number of rotatable bonds is 0. The summed E-state index contributed by atoms with van der Waals surface area (Å²) in [6.07, 6.45) is 12.2. The molecule has 0 radical (unpaired) electrons. The van der Waals surface area contributed by atoms with Crippen molar-refractivity contribution in [3.63, 3.8) is 0 Å². The summed E-state index contributed by atoms with van der Waals surface area (Å²) in [4.78, 5) is 11.7. The van der Waals surface area contributed by atoms with Gasteiger partial charge < -0.3 is 4.57 Å². The van der Waals surface area contributed by atoms with Gasteiger partial charge >= 0.3 is 0 Å². The van der Waals surface area contributed by atoms with Gasteiger partial charge in [-0.3, -0.25) is 4.79 Å². The number of carbonyl (C=O) groups excluding carboxylic acids is 1. The second kappa shape index (κ2) is 3.09. The van der Waals surface area contributed by atoms with E-state index in [9.17, 15) is 4.79 Å². The average molecular weight is 201 g/mol. The minimum Gasteiger partial charge on any atom is -0.335 e. The second-order valence-corrected chi connectivity index (χ2v) is 4.63. The minimum absolute atomic E-state index is 0.116. The Bertz CT molecular complexity index is 421. The van der Waals surface area contributed by atoms with Crippen LogP contribution < -0.4 is 0 Å². The van der Waals surface area contributed by atoms with Crippen molar-refractivity contribution >= 4 is 5.78 Å². The Morgan fingerprint density at radius 2 is 2.00 bits per heavy atom. The lowest BCUT2D eigenvalue weighted by molar-refractivity contribution is 0.101. The van der Waals surface area contributed by atoms with Crippen LogP contribution in [0.5, 0.6) is 0 Å². The maximum absolute atomic E-state index is 11.7. The highest BCUT2D eigenvalue weighted by Gasteiger charge is 2.35. The molecule has 0 amide bonds. The number of allylic oxidation sites excluding steroid dienone is 2. The first-order valence-electron chi connectivity index (χ1n) is 5.73. The number of carbonyl (C=O) groups is 1. The van der Waals surface area contributed by atoms with Crippen molar-refractivity contribution in [3.8, 4) is 0 Å². The molecular weight excluding hydrogens is 186 g/mol. The Balaban J connectivity index is 2.11. The molecule has 0 unspecified atom stereocenters. The first-order chi connectivity index (χ1) is 7.32. The molecular formula is C13H15NO. The summed E-state index contributed by atoms with van der Waals surface area (Å²) >= 11 is 0. The van der Waals surface area contributed by atoms with Gasteiger partial charge in [-0.1, -0.05) is 25.3 Å². The molecule has 0 atom stereocenters. The number of fused-ring (bicyclic) bond motifs is 2. The van der Waals surface area contributed by atoms with Gasteiger partial charge in [-0.05, 0) is 31.1 Å². The van der Waals surface area contributed by atoms with Crippen LogP contribution in [0.3, 0.4) is 0 Å². The van der Waals surface area contributed by atoms with Crippen molar-refractivity contribution in [2.45, 2.75) is 37.6 Å². The van der Waals surface area contributed by atoms with Crippen LogP contribution in [0.1, 0.15) is 42.6 Å². The highest BCUT2D eigenvalue weighted by atomic mass is 16.1. The highest BCUT2D eigenvalue weighted by Crippen LogP contribution is 2.39. The predicted molar refractivity (Wildman–Crippen MR) is 59.0 cm³/mol. The summed E-state index contributed by atoms with van der Waals surface area (Å²) in [6.45, 7) is 0. The first kappa shape index (κ1) is 8.96. The van der Waals surface area contributed by atoms with Crippen molar-refractivity contribution in [2.75, 3.05) is 0 Å². The molecule has 1 fully saturated rings. The van der Waals surface area contributed by atoms with E-state index in [4.69, 9.17) is 0 Å². The van der Waals surface area contributed by atoms with Crippen molar-refractivity contribution in [3.05, 3.63) is 36.2 Å². The Morgan fingerprint density at radius 1 is 1.20 bits per heavy atom. The Morgan fingerprint density at radius 3 is 2.80 bits per heavy atom. The molecule has 0 N–H and O–H groups in total. The molecule has 1 aliphatic carbocycles. The van der Waals surface area contributed by atoms with E-state index in [0.29, 0.717) is 0 Å². The van der Waals surface area contributed by atoms with Crippen LogP contribution >= 0.6 is 0 Å². The molecule has 1 aromatic heterocycles. The zero-order valence-corrected chi connectivity index (χ0v) is 8.78. The quantitative estimate of drug-likeness (QED) is 0.632. The molecule has 2 heterocycles. The summed E-state index contributed by atoms with van der Waals surface area (Å²) in [5, 5.41) is 0. The van der Waals surface area contributed by atoms with Crippen LogP contribution in [0.2, 0.25) is 0 Å². The fourth-order valence-corrected chi connectivity index (χ4v) is 2.94. The van der Waals surface area contributed by atoms with E-state index in [-0.39, 0.29) is 11.3 Å². The van der Waals surface area contributed by atoms with Gasteiger partial charge in [-0.15, -0.1) is 0 Å². The van der Waals surface area contributed by atoms with Crippen LogP contribution in [-0.4, -0.2) is 10.4 Å². The van der Waals surface area contributed by atoms with Crippen LogP contribution in [-0.2, 0) is 5.54 Å². The first-order valence-corrected chi connectivity index (χ1v) is 5.73. The Kier molecular flexibility index (Phi) is 1.84. The maximum Gasteiger partial charge on any atom is 0.201 e. The number of nitrogens with zero attached hydrogens (tertiary/aromatic N) is 1. The van der Waals surface area contributed by atoms with Gasteiger partial charge in [0.1, 0.15) is 0 Å². The SMILES string of the molecule is O=C1C=CC2(CCCCC2)n2cccc21. The van der Waals surface area contributed by atoms with Gasteiger partial charge in [0.05, 0.1) is 11.2 Å². The minimum atomic E-state index is 0.116. The topological polar surface area (TPSA) is 22.0 Å². The fourth-order valence-electron chi connectivity index (χ4n) is 2.94. The van der Waals surface area contributed by atoms with Gasteiger partial charge in [0, 0.05) is 6.20 Å². The number of hydrogen-bond acceptors (Lipinski definition) is 1. The third kappa shape index (κ3) is 1.21. The summed E-state index contributed by atoms with van der Waals surface area (Å²) < 4.78 is 2.19. The molecule has 0 aromatic carbocycles. The standard InChI is InChI=1S/C13H15NO/c15-12-6-9-13(7-2-1-3-8-13)14-10-4-5-11(12)14/h4-6,9-10H,1-3,7-8H2. The van der Waals surface area contributed by atoms with Crippen molar-refractivity contribution < 1.29 is 4.79 Å². The van der Waals surface area contributed by atoms with Crippen molar-refractivity contribution in [1.29, 1.82) is 0 Å². The lowest BCUT2D eigenvalue weighted by Crippen LogP contribution is -2.37. The number of ketones is 1. The molecule has 15 heavy (non-hydrogen) atoms. The molecule has 0 saturated heterocycles. The molecule has 0 bridgehead atoms. The number of aromatic nitrogens is 1. The largest absolute Gasteiger partial charge is 0.335 e. The molecule has 2 heteroatoms. The molecule has 1 saturated carbocycles. The summed E-state index contributed by atoms with van der Waals surface area (Å²) in [6, 6.07) is 3.92. The highest BCUT2D eigenvalue weighted by molar-refractivity contribution is 6.04. The van der Waals surface area contributed by atoms with E-state index in [2.05, 4.69) is 16.8 Å². The summed E-state index contributed by atoms with van der Waals surface area (Å²) in [7, 11) is 0. The average Bonchev–Trinajstić information content (AvgIpc) is 2.76. The van der Waals surface area contributed by atoms with Gasteiger partial charge in [0.15, 0.2) is 0 Å². The van der Waals surface area contributed by atoms with E-state index in [1.807, 2.05) is 12.1 Å². The van der Waals surface area contributed by atoms with Gasteiger partial charge in [-0.25, -0.2) is 0 Å². The lowest BCUT2D eigenvalue weighted by Gasteiger charge is -2.39. The molecule has 2 aliphatic rings. The molecule has 1 spiro atoms. The Labute approximate surface area is 89.6 Å². The van der Waals surface area contributed by atoms with E-state index in [1.165, 1.54) is 32.1 Å². The third-order valence-corrected chi connectivity index (χ3v) is 3.75. The summed E-state index contributed by atoms with van der Waals surface area (Å²) in [5.74, 6) is 0.149. The van der Waals surface area contributed by atoms with E-state index in [0.717, 1.165) is 5.69 Å². The Hall–Kier alpha value is -1.31. The summed E-state index contributed by atoms with van der Waals surface area (Å²) in [5.41, 5.74) is 0.977. The lowest BCUT2D eigenvalue weighted by atomic mass is 9.79. The fraction of sp³-hybridized carbons (Fsp3) is 0.462. The maximum atomic E-state index is 11.7. The number of hydrogen-bond donors (Lipinski definition) is 0. The molecule has 1 aliphatic heterocycles. The van der Waals surface area contributed by atoms with Gasteiger partial charge in [0.2, 0.25) is 5.78 Å². The normalized spacial score (nSPS) is 23.1. The van der Waals surface area contributed by atoms with Crippen molar-refractivity contribution in [2.24, 2.45) is 0 Å². The molecule has 2 nitrogen and oxygen atoms in total. The van der Waals surface area contributed by atoms with E-state index < -0.39 is 0 Å². The zero-order valence-electron chi connectivity index (χ0n) is 8.78. The molecule has 78 valence electrons. The molecule has 1 aromatic rings. The van der Waals surface area contributed by atoms with Crippen LogP contribution in [0.15, 0.2) is 30.5 Å². The smallest absolute Gasteiger partial charge is 0.201 e. The van der Waals surface area contributed by atoms with Crippen molar-refractivity contribution in [1.82, 2.24) is 4.57 Å². The molecule has 3 rings (SSSR count). The van der Waals surface area contributed by atoms with Crippen LogP contribution in [0.25, 0.3) is 0 Å². The van der Waals surface area contributed by atoms with Crippen LogP contribution in [0.4, 0.5) is 0 Å². The third-order valence-electron chi connectivity index (χ3n) is 3.75. The van der Waals surface area contributed by atoms with E-state index >= 15 is 0 Å². The predicted octanol–water partition coefficient (Wildman–Crippen LogP) is 2.90. The second-order valence-electron chi connectivity index (χ2n) is 4.63. The van der Waals surface area contributed by atoms with Crippen LogP contribution in [0, 0.1) is 0 Å². The van der Waals surface area contributed by atoms with E-state index in [1.54, 1.807) is 6.08 Å². The zero-order chi connectivity index (χ0) is 10.3. The van der Waals surface area contributed by atoms with Gasteiger partial charge in [-0.2, -0.15) is 0 Å².